The number of carbonyl (C=O) groups is 2. The van der Waals surface area contributed by atoms with E-state index in [9.17, 15) is 14.0 Å². The summed E-state index contributed by atoms with van der Waals surface area (Å²) in [4.78, 5) is 25.0. The van der Waals surface area contributed by atoms with E-state index in [1.807, 2.05) is 0 Å². The first kappa shape index (κ1) is 22.6. The molecule has 2 N–H and O–H groups in total. The summed E-state index contributed by atoms with van der Waals surface area (Å²) in [5.41, 5.74) is 0.551. The van der Waals surface area contributed by atoms with Crippen LogP contribution in [0.15, 0.2) is 47.6 Å². The van der Waals surface area contributed by atoms with Crippen LogP contribution in [-0.2, 0) is 11.8 Å². The Labute approximate surface area is 193 Å². The number of hydrogen-bond acceptors (Lipinski definition) is 7. The molecule has 0 radical (unpaired) electrons. The molecule has 0 fully saturated rings. The molecule has 3 aromatic rings. The van der Waals surface area contributed by atoms with Gasteiger partial charge in [-0.25, -0.2) is 4.39 Å². The zero-order chi connectivity index (χ0) is 23.5. The first-order valence-corrected chi connectivity index (χ1v) is 11.0. The summed E-state index contributed by atoms with van der Waals surface area (Å²) in [5, 5.41) is 13.9. The van der Waals surface area contributed by atoms with Gasteiger partial charge in [0.15, 0.2) is 22.5 Å². The summed E-state index contributed by atoms with van der Waals surface area (Å²) in [6.07, 6.45) is 0. The number of aromatic nitrogens is 3. The highest BCUT2D eigenvalue weighted by molar-refractivity contribution is 8.00. The number of benzene rings is 2. The maximum Gasteiger partial charge on any atom is 0.254 e. The highest BCUT2D eigenvalue weighted by Gasteiger charge is 2.23. The Hall–Kier alpha value is -3.60. The predicted octanol–water partition coefficient (Wildman–Crippen LogP) is 3.29. The molecule has 11 heteroatoms. The van der Waals surface area contributed by atoms with Crippen LogP contribution in [0.5, 0.6) is 11.5 Å². The SMILES string of the molecule is CC(Sc1nnc(C(C)NC(=O)c2ccccc2F)n1C)C(=O)Nc1ccc2c(c1)OCO2. The van der Waals surface area contributed by atoms with Crippen molar-refractivity contribution in [2.75, 3.05) is 12.1 Å². The second-order valence-corrected chi connectivity index (χ2v) is 8.70. The lowest BCUT2D eigenvalue weighted by atomic mass is 10.2. The summed E-state index contributed by atoms with van der Waals surface area (Å²) < 4.78 is 26.2. The number of halogens is 1. The molecule has 172 valence electrons. The van der Waals surface area contributed by atoms with E-state index in [-0.39, 0.29) is 18.3 Å². The van der Waals surface area contributed by atoms with Crippen molar-refractivity contribution in [2.45, 2.75) is 30.3 Å². The zero-order valence-corrected chi connectivity index (χ0v) is 19.0. The Kier molecular flexibility index (Phi) is 6.50. The van der Waals surface area contributed by atoms with Crippen LogP contribution in [0, 0.1) is 5.82 Å². The number of amides is 2. The molecular formula is C22H22FN5O4S. The minimum absolute atomic E-state index is 0.0464. The van der Waals surface area contributed by atoms with Gasteiger partial charge >= 0.3 is 0 Å². The van der Waals surface area contributed by atoms with Crippen LogP contribution < -0.4 is 20.1 Å². The first-order chi connectivity index (χ1) is 15.8. The molecule has 2 amide bonds. The number of fused-ring (bicyclic) bond motifs is 1. The zero-order valence-electron chi connectivity index (χ0n) is 18.2. The molecule has 33 heavy (non-hydrogen) atoms. The fourth-order valence-electron chi connectivity index (χ4n) is 3.22. The second kappa shape index (κ2) is 9.49. The number of anilines is 1. The number of nitrogens with zero attached hydrogens (tertiary/aromatic N) is 3. The van der Waals surface area contributed by atoms with Crippen molar-refractivity contribution in [1.82, 2.24) is 20.1 Å². The van der Waals surface area contributed by atoms with Gasteiger partial charge in [-0.15, -0.1) is 10.2 Å². The first-order valence-electron chi connectivity index (χ1n) is 10.2. The number of nitrogens with one attached hydrogen (secondary N) is 2. The monoisotopic (exact) mass is 471 g/mol. The van der Waals surface area contributed by atoms with Crippen molar-refractivity contribution in [3.63, 3.8) is 0 Å². The third kappa shape index (κ3) is 4.92. The van der Waals surface area contributed by atoms with E-state index in [2.05, 4.69) is 20.8 Å². The third-order valence-electron chi connectivity index (χ3n) is 5.01. The Morgan fingerprint density at radius 2 is 1.88 bits per heavy atom. The van der Waals surface area contributed by atoms with Gasteiger partial charge in [-0.2, -0.15) is 0 Å². The molecule has 0 saturated heterocycles. The minimum atomic E-state index is -0.598. The molecule has 2 heterocycles. The maximum atomic E-state index is 13.9. The van der Waals surface area contributed by atoms with Crippen LogP contribution >= 0.6 is 11.8 Å². The normalized spacial score (nSPS) is 13.9. The van der Waals surface area contributed by atoms with Gasteiger partial charge in [0.1, 0.15) is 5.82 Å². The molecule has 4 rings (SSSR count). The lowest BCUT2D eigenvalue weighted by Crippen LogP contribution is -2.29. The average molecular weight is 472 g/mol. The Morgan fingerprint density at radius 1 is 1.12 bits per heavy atom. The van der Waals surface area contributed by atoms with Crippen LogP contribution in [0.25, 0.3) is 0 Å². The minimum Gasteiger partial charge on any atom is -0.454 e. The predicted molar refractivity (Wildman–Crippen MR) is 120 cm³/mol. The average Bonchev–Trinajstić information content (AvgIpc) is 3.40. The van der Waals surface area contributed by atoms with Crippen molar-refractivity contribution < 1.29 is 23.5 Å². The van der Waals surface area contributed by atoms with E-state index in [0.717, 1.165) is 0 Å². The lowest BCUT2D eigenvalue weighted by molar-refractivity contribution is -0.115. The van der Waals surface area contributed by atoms with Gasteiger partial charge < -0.3 is 24.7 Å². The maximum absolute atomic E-state index is 13.9. The van der Waals surface area contributed by atoms with Gasteiger partial charge in [0.05, 0.1) is 16.9 Å². The van der Waals surface area contributed by atoms with Crippen molar-refractivity contribution in [2.24, 2.45) is 7.05 Å². The molecule has 0 saturated carbocycles. The largest absolute Gasteiger partial charge is 0.454 e. The van der Waals surface area contributed by atoms with E-state index < -0.39 is 23.0 Å². The van der Waals surface area contributed by atoms with E-state index >= 15 is 0 Å². The second-order valence-electron chi connectivity index (χ2n) is 7.39. The van der Waals surface area contributed by atoms with Gasteiger partial charge in [-0.05, 0) is 38.1 Å². The molecule has 0 aliphatic carbocycles. The summed E-state index contributed by atoms with van der Waals surface area (Å²) in [5.74, 6) is 0.332. The van der Waals surface area contributed by atoms with Crippen molar-refractivity contribution in [3.8, 4) is 11.5 Å². The topological polar surface area (TPSA) is 107 Å². The number of hydrogen-bond donors (Lipinski definition) is 2. The summed E-state index contributed by atoms with van der Waals surface area (Å²) in [7, 11) is 1.74. The Balaban J connectivity index is 1.38. The highest BCUT2D eigenvalue weighted by Crippen LogP contribution is 2.34. The number of rotatable bonds is 7. The van der Waals surface area contributed by atoms with Gasteiger partial charge in [-0.1, -0.05) is 23.9 Å². The van der Waals surface area contributed by atoms with E-state index in [1.165, 1.54) is 30.0 Å². The molecule has 1 aliphatic heterocycles. The number of carbonyl (C=O) groups excluding carboxylic acids is 2. The van der Waals surface area contributed by atoms with Gasteiger partial charge in [-0.3, -0.25) is 9.59 Å². The fraction of sp³-hybridized carbons (Fsp3) is 0.273. The molecule has 1 aromatic heterocycles. The van der Waals surface area contributed by atoms with Crippen molar-refractivity contribution >= 4 is 29.3 Å². The number of ether oxygens (including phenoxy) is 2. The highest BCUT2D eigenvalue weighted by atomic mass is 32.2. The smallest absolute Gasteiger partial charge is 0.254 e. The molecule has 2 unspecified atom stereocenters. The molecule has 9 nitrogen and oxygen atoms in total. The summed E-state index contributed by atoms with van der Waals surface area (Å²) >= 11 is 1.23. The standard InChI is InChI=1S/C22H22FN5O4S/c1-12(24-21(30)15-6-4-5-7-16(15)23)19-26-27-22(28(19)3)33-13(2)20(29)25-14-8-9-17-18(10-14)32-11-31-17/h4-10,12-13H,11H2,1-3H3,(H,24,30)(H,25,29). The Bertz CT molecular complexity index is 1200. The molecule has 2 aromatic carbocycles. The van der Waals surface area contributed by atoms with Crippen molar-refractivity contribution in [3.05, 3.63) is 59.7 Å². The van der Waals surface area contributed by atoms with Gasteiger partial charge in [0, 0.05) is 18.8 Å². The summed E-state index contributed by atoms with van der Waals surface area (Å²) in [6.45, 7) is 3.64. The lowest BCUT2D eigenvalue weighted by Gasteiger charge is -2.15. The van der Waals surface area contributed by atoms with Crippen LogP contribution in [0.1, 0.15) is 36.1 Å². The van der Waals surface area contributed by atoms with E-state index in [0.29, 0.717) is 28.2 Å². The third-order valence-corrected chi connectivity index (χ3v) is 6.15. The van der Waals surface area contributed by atoms with Crippen LogP contribution in [0.4, 0.5) is 10.1 Å². The van der Waals surface area contributed by atoms with Crippen LogP contribution in [0.3, 0.4) is 0 Å². The molecule has 1 aliphatic rings. The van der Waals surface area contributed by atoms with Crippen LogP contribution in [0.2, 0.25) is 0 Å². The molecular weight excluding hydrogens is 449 g/mol. The molecule has 2 atom stereocenters. The Morgan fingerprint density at radius 3 is 2.67 bits per heavy atom. The number of thioether (sulfide) groups is 1. The quantitative estimate of drug-likeness (QED) is 0.509. The fourth-order valence-corrected chi connectivity index (χ4v) is 4.04. The van der Waals surface area contributed by atoms with Crippen molar-refractivity contribution in [1.29, 1.82) is 0 Å². The molecule has 0 bridgehead atoms. The van der Waals surface area contributed by atoms with Gasteiger partial charge in [0.25, 0.3) is 5.91 Å². The van der Waals surface area contributed by atoms with Crippen LogP contribution in [-0.4, -0.2) is 38.6 Å². The molecule has 0 spiro atoms. The summed E-state index contributed by atoms with van der Waals surface area (Å²) in [6, 6.07) is 10.4. The van der Waals surface area contributed by atoms with Gasteiger partial charge in [0.2, 0.25) is 12.7 Å². The van der Waals surface area contributed by atoms with E-state index in [4.69, 9.17) is 9.47 Å². The van der Waals surface area contributed by atoms with E-state index in [1.54, 1.807) is 49.7 Å².